The summed E-state index contributed by atoms with van der Waals surface area (Å²) in [4.78, 5) is 3.50. The lowest BCUT2D eigenvalue weighted by atomic mass is 10.3. The minimum absolute atomic E-state index is 0.165. The van der Waals surface area contributed by atoms with Gasteiger partial charge in [0, 0.05) is 13.2 Å². The molecule has 0 saturated heterocycles. The Morgan fingerprint density at radius 1 is 1.30 bits per heavy atom. The van der Waals surface area contributed by atoms with E-state index in [2.05, 4.69) is 4.98 Å². The predicted molar refractivity (Wildman–Crippen MR) is 70.9 cm³/mol. The molecule has 0 spiro atoms. The first-order valence-electron chi connectivity index (χ1n) is 5.56. The Hall–Kier alpha value is -2.46. The van der Waals surface area contributed by atoms with Gasteiger partial charge in [-0.15, -0.1) is 0 Å². The van der Waals surface area contributed by atoms with E-state index >= 15 is 0 Å². The van der Waals surface area contributed by atoms with Crippen LogP contribution in [0, 0.1) is 17.1 Å². The van der Waals surface area contributed by atoms with Crippen LogP contribution in [0.25, 0.3) is 0 Å². The molecule has 5 nitrogen and oxygen atoms in total. The molecule has 102 valence electrons. The zero-order valence-electron chi connectivity index (χ0n) is 10.5. The molecule has 0 aliphatic heterocycles. The van der Waals surface area contributed by atoms with Crippen molar-refractivity contribution in [3.05, 3.63) is 54.1 Å². The number of nitrogens with zero attached hydrogens (tertiary/aromatic N) is 3. The third kappa shape index (κ3) is 2.46. The standard InChI is InChI=1S/C13H10FN3O2S/c1-17(11-5-2-4-10(14)8-11)20(18,19)13-6-3-7-16-12(13)9-15/h2-8H,1H3. The molecule has 2 aromatic rings. The second-order valence-corrected chi connectivity index (χ2v) is 5.85. The number of anilines is 1. The van der Waals surface area contributed by atoms with E-state index in [-0.39, 0.29) is 16.3 Å². The molecule has 20 heavy (non-hydrogen) atoms. The van der Waals surface area contributed by atoms with Crippen LogP contribution in [0.4, 0.5) is 10.1 Å². The van der Waals surface area contributed by atoms with Crippen LogP contribution < -0.4 is 4.31 Å². The second-order valence-electron chi connectivity index (χ2n) is 3.91. The lowest BCUT2D eigenvalue weighted by Gasteiger charge is -2.19. The van der Waals surface area contributed by atoms with Crippen molar-refractivity contribution < 1.29 is 12.8 Å². The molecule has 0 atom stereocenters. The van der Waals surface area contributed by atoms with E-state index in [9.17, 15) is 12.8 Å². The van der Waals surface area contributed by atoms with E-state index in [0.29, 0.717) is 0 Å². The van der Waals surface area contributed by atoms with Crippen molar-refractivity contribution >= 4 is 15.7 Å². The highest BCUT2D eigenvalue weighted by Crippen LogP contribution is 2.23. The number of sulfonamides is 1. The second kappa shape index (κ2) is 5.27. The van der Waals surface area contributed by atoms with Crippen molar-refractivity contribution in [2.45, 2.75) is 4.90 Å². The smallest absolute Gasteiger partial charge is 0.266 e. The van der Waals surface area contributed by atoms with Crippen molar-refractivity contribution in [3.8, 4) is 6.07 Å². The molecule has 0 N–H and O–H groups in total. The Morgan fingerprint density at radius 3 is 2.70 bits per heavy atom. The fourth-order valence-corrected chi connectivity index (χ4v) is 2.92. The molecule has 0 bridgehead atoms. The van der Waals surface area contributed by atoms with Crippen LogP contribution in [0.2, 0.25) is 0 Å². The summed E-state index contributed by atoms with van der Waals surface area (Å²) in [6.07, 6.45) is 1.33. The zero-order valence-corrected chi connectivity index (χ0v) is 11.3. The van der Waals surface area contributed by atoms with Gasteiger partial charge in [-0.25, -0.2) is 17.8 Å². The minimum atomic E-state index is -3.97. The molecule has 7 heteroatoms. The molecule has 0 radical (unpaired) electrons. The third-order valence-electron chi connectivity index (χ3n) is 2.69. The average Bonchev–Trinajstić information content (AvgIpc) is 2.46. The van der Waals surface area contributed by atoms with Crippen LogP contribution in [0.3, 0.4) is 0 Å². The van der Waals surface area contributed by atoms with E-state index in [0.717, 1.165) is 10.4 Å². The van der Waals surface area contributed by atoms with Gasteiger partial charge >= 0.3 is 0 Å². The number of halogens is 1. The summed E-state index contributed by atoms with van der Waals surface area (Å²) in [5.41, 5.74) is -0.0338. The number of hydrogen-bond donors (Lipinski definition) is 0. The fraction of sp³-hybridized carbons (Fsp3) is 0.0769. The maximum absolute atomic E-state index is 13.2. The van der Waals surface area contributed by atoms with Gasteiger partial charge < -0.3 is 0 Å². The Morgan fingerprint density at radius 2 is 2.05 bits per heavy atom. The van der Waals surface area contributed by atoms with Crippen molar-refractivity contribution in [2.75, 3.05) is 11.4 Å². The maximum atomic E-state index is 13.2. The van der Waals surface area contributed by atoms with Crippen LogP contribution in [0.1, 0.15) is 5.69 Å². The zero-order chi connectivity index (χ0) is 14.8. The molecule has 0 amide bonds. The molecule has 0 saturated carbocycles. The topological polar surface area (TPSA) is 74.1 Å². The summed E-state index contributed by atoms with van der Waals surface area (Å²) in [5.74, 6) is -0.545. The highest BCUT2D eigenvalue weighted by molar-refractivity contribution is 7.92. The van der Waals surface area contributed by atoms with Crippen LogP contribution in [-0.2, 0) is 10.0 Å². The third-order valence-corrected chi connectivity index (χ3v) is 4.50. The van der Waals surface area contributed by atoms with E-state index in [1.54, 1.807) is 6.07 Å². The van der Waals surface area contributed by atoms with Gasteiger partial charge in [0.1, 0.15) is 16.8 Å². The van der Waals surface area contributed by atoms with Gasteiger partial charge in [-0.05, 0) is 30.3 Å². The van der Waals surface area contributed by atoms with Gasteiger partial charge in [0.2, 0.25) is 0 Å². The molecular formula is C13H10FN3O2S. The summed E-state index contributed by atoms with van der Waals surface area (Å²) in [6, 6.07) is 9.62. The summed E-state index contributed by atoms with van der Waals surface area (Å²) < 4.78 is 39.0. The van der Waals surface area contributed by atoms with Gasteiger partial charge in [0.25, 0.3) is 10.0 Å². The summed E-state index contributed by atoms with van der Waals surface area (Å²) in [6.45, 7) is 0. The largest absolute Gasteiger partial charge is 0.269 e. The first-order valence-corrected chi connectivity index (χ1v) is 7.00. The summed E-state index contributed by atoms with van der Waals surface area (Å²) in [5, 5.41) is 8.92. The van der Waals surface area contributed by atoms with Crippen molar-refractivity contribution in [3.63, 3.8) is 0 Å². The van der Waals surface area contributed by atoms with Gasteiger partial charge in [-0.1, -0.05) is 6.07 Å². The van der Waals surface area contributed by atoms with Crippen LogP contribution in [0.15, 0.2) is 47.5 Å². The highest BCUT2D eigenvalue weighted by atomic mass is 32.2. The number of hydrogen-bond acceptors (Lipinski definition) is 4. The minimum Gasteiger partial charge on any atom is -0.269 e. The fourth-order valence-electron chi connectivity index (χ4n) is 1.64. The molecule has 0 fully saturated rings. The Kier molecular flexibility index (Phi) is 3.68. The van der Waals surface area contributed by atoms with Gasteiger partial charge in [-0.2, -0.15) is 5.26 Å². The Bertz CT molecular complexity index is 784. The monoisotopic (exact) mass is 291 g/mol. The molecule has 1 aromatic heterocycles. The van der Waals surface area contributed by atoms with E-state index < -0.39 is 15.8 Å². The molecule has 0 aliphatic carbocycles. The number of aromatic nitrogens is 1. The molecule has 0 unspecified atom stereocenters. The molecular weight excluding hydrogens is 281 g/mol. The maximum Gasteiger partial charge on any atom is 0.266 e. The number of rotatable bonds is 3. The van der Waals surface area contributed by atoms with Crippen molar-refractivity contribution in [2.24, 2.45) is 0 Å². The summed E-state index contributed by atoms with van der Waals surface area (Å²) in [7, 11) is -2.68. The Balaban J connectivity index is 2.53. The van der Waals surface area contributed by atoms with Crippen LogP contribution in [-0.4, -0.2) is 20.4 Å². The number of benzene rings is 1. The van der Waals surface area contributed by atoms with E-state index in [1.807, 2.05) is 0 Å². The molecule has 1 heterocycles. The molecule has 2 rings (SSSR count). The average molecular weight is 291 g/mol. The Labute approximate surface area is 116 Å². The number of pyridine rings is 1. The van der Waals surface area contributed by atoms with Crippen molar-refractivity contribution in [1.29, 1.82) is 5.26 Å². The van der Waals surface area contributed by atoms with Crippen molar-refractivity contribution in [1.82, 2.24) is 4.98 Å². The van der Waals surface area contributed by atoms with Crippen LogP contribution in [0.5, 0.6) is 0 Å². The predicted octanol–water partition coefficient (Wildman–Crippen LogP) is 1.92. The van der Waals surface area contributed by atoms with Gasteiger partial charge in [0.15, 0.2) is 5.69 Å². The lowest BCUT2D eigenvalue weighted by molar-refractivity contribution is 0.593. The number of nitriles is 1. The normalized spacial score (nSPS) is 10.8. The summed E-state index contributed by atoms with van der Waals surface area (Å²) >= 11 is 0. The lowest BCUT2D eigenvalue weighted by Crippen LogP contribution is -2.27. The van der Waals surface area contributed by atoms with Gasteiger partial charge in [-0.3, -0.25) is 4.31 Å². The van der Waals surface area contributed by atoms with E-state index in [4.69, 9.17) is 5.26 Å². The first-order chi connectivity index (χ1) is 9.46. The highest BCUT2D eigenvalue weighted by Gasteiger charge is 2.25. The quantitative estimate of drug-likeness (QED) is 0.866. The van der Waals surface area contributed by atoms with E-state index in [1.165, 1.54) is 43.6 Å². The van der Waals surface area contributed by atoms with Crippen LogP contribution >= 0.6 is 0 Å². The molecule has 0 aliphatic rings. The van der Waals surface area contributed by atoms with Gasteiger partial charge in [0.05, 0.1) is 5.69 Å². The first kappa shape index (κ1) is 14.0. The molecule has 1 aromatic carbocycles. The SMILES string of the molecule is CN(c1cccc(F)c1)S(=O)(=O)c1cccnc1C#N.